The molecule has 2 heterocycles. The number of piperidine rings is 2. The Kier molecular flexibility index (Phi) is 2.46. The van der Waals surface area contributed by atoms with Crippen molar-refractivity contribution in [3.8, 4) is 0 Å². The Morgan fingerprint density at radius 3 is 2.95 bits per heavy atom. The van der Waals surface area contributed by atoms with Gasteiger partial charge in [0, 0.05) is 36.7 Å². The molecule has 3 nitrogen and oxygen atoms in total. The molecule has 2 spiro atoms. The Bertz CT molecular complexity index is 584. The van der Waals surface area contributed by atoms with Crippen LogP contribution in [0.25, 0.3) is 0 Å². The van der Waals surface area contributed by atoms with Gasteiger partial charge in [-0.05, 0) is 62.8 Å². The second-order valence-corrected chi connectivity index (χ2v) is 8.85. The number of nitrogens with zero attached hydrogens (tertiary/aromatic N) is 2. The Hall–Kier alpha value is -0.830. The van der Waals surface area contributed by atoms with Crippen LogP contribution in [0.3, 0.4) is 0 Å². The summed E-state index contributed by atoms with van der Waals surface area (Å²) < 4.78 is 0. The van der Waals surface area contributed by atoms with E-state index in [0.29, 0.717) is 16.9 Å². The normalized spacial score (nSPS) is 52.5. The smallest absolute Gasteiger partial charge is 0.223 e. The van der Waals surface area contributed by atoms with Gasteiger partial charge in [0.2, 0.25) is 5.91 Å². The molecule has 0 radical (unpaired) electrons. The summed E-state index contributed by atoms with van der Waals surface area (Å²) in [6.45, 7) is 6.42. The van der Waals surface area contributed by atoms with Crippen LogP contribution < -0.4 is 0 Å². The third kappa shape index (κ3) is 1.22. The molecule has 0 aromatic rings. The molecule has 2 aliphatic heterocycles. The van der Waals surface area contributed by atoms with Crippen LogP contribution in [-0.2, 0) is 4.79 Å². The number of allylic oxidation sites excluding steroid dienone is 1. The molecule has 22 heavy (non-hydrogen) atoms. The quantitative estimate of drug-likeness (QED) is 0.687. The largest absolute Gasteiger partial charge is 0.316 e. The number of likely N-dealkylation sites (tertiary alicyclic amines) is 2. The topological polar surface area (TPSA) is 23.6 Å². The van der Waals surface area contributed by atoms with Crippen LogP contribution in [0.2, 0.25) is 0 Å². The number of carbonyl (C=O) groups is 1. The summed E-state index contributed by atoms with van der Waals surface area (Å²) in [6, 6.07) is 0. The Labute approximate surface area is 133 Å². The fourth-order valence-corrected chi connectivity index (χ4v) is 7.81. The van der Waals surface area contributed by atoms with Crippen molar-refractivity contribution in [1.29, 1.82) is 0 Å². The zero-order valence-electron chi connectivity index (χ0n) is 14.1. The molecule has 0 N–H and O–H groups in total. The summed E-state index contributed by atoms with van der Waals surface area (Å²) in [5.74, 6) is 3.43. The molecule has 1 amide bonds. The van der Waals surface area contributed by atoms with Crippen LogP contribution in [0, 0.1) is 29.1 Å². The monoisotopic (exact) mass is 300 g/mol. The number of rotatable bonds is 0. The first-order valence-electron chi connectivity index (χ1n) is 9.22. The number of hydrogen-bond donors (Lipinski definition) is 0. The highest BCUT2D eigenvalue weighted by atomic mass is 16.2. The van der Waals surface area contributed by atoms with Crippen molar-refractivity contribution in [2.75, 3.05) is 20.1 Å². The molecule has 2 saturated heterocycles. The zero-order chi connectivity index (χ0) is 15.3. The average molecular weight is 300 g/mol. The Morgan fingerprint density at radius 2 is 2.18 bits per heavy atom. The van der Waals surface area contributed by atoms with Gasteiger partial charge < -0.3 is 4.90 Å². The molecular weight excluding hydrogens is 272 g/mol. The summed E-state index contributed by atoms with van der Waals surface area (Å²) in [5, 5.41) is 0. The molecule has 3 heteroatoms. The number of amides is 1. The number of hydrogen-bond acceptors (Lipinski definition) is 2. The van der Waals surface area contributed by atoms with Gasteiger partial charge in [0.25, 0.3) is 0 Å². The molecule has 5 rings (SSSR count). The van der Waals surface area contributed by atoms with Crippen LogP contribution in [0.15, 0.2) is 11.8 Å². The molecule has 6 atom stereocenters. The molecule has 0 aromatic heterocycles. The summed E-state index contributed by atoms with van der Waals surface area (Å²) >= 11 is 0. The van der Waals surface area contributed by atoms with Crippen molar-refractivity contribution in [3.05, 3.63) is 11.8 Å². The molecule has 120 valence electrons. The van der Waals surface area contributed by atoms with Crippen LogP contribution >= 0.6 is 0 Å². The minimum absolute atomic E-state index is 0.264. The van der Waals surface area contributed by atoms with Gasteiger partial charge in [0.05, 0.1) is 0 Å². The molecule has 0 aromatic carbocycles. The van der Waals surface area contributed by atoms with Gasteiger partial charge in [0.15, 0.2) is 0 Å². The Balaban J connectivity index is 1.76. The lowest BCUT2D eigenvalue weighted by atomic mass is 9.51. The van der Waals surface area contributed by atoms with E-state index < -0.39 is 0 Å². The van der Waals surface area contributed by atoms with Crippen LogP contribution in [-0.4, -0.2) is 41.4 Å². The SMILES string of the molecule is CC(=O)N1CCCC23C1=C[C@@H]1C[C@@H](C)C[C@@]24[C@@H]1CC3CN4C. The summed E-state index contributed by atoms with van der Waals surface area (Å²) in [6.07, 6.45) is 9.16. The van der Waals surface area contributed by atoms with E-state index in [9.17, 15) is 4.79 Å². The molecule has 2 unspecified atom stereocenters. The van der Waals surface area contributed by atoms with E-state index in [2.05, 4.69) is 29.8 Å². The minimum atomic E-state index is 0.264. The predicted octanol–water partition coefficient (Wildman–Crippen LogP) is 2.88. The lowest BCUT2D eigenvalue weighted by molar-refractivity contribution is -0.132. The molecule has 5 bridgehead atoms. The Morgan fingerprint density at radius 1 is 1.36 bits per heavy atom. The molecule has 2 saturated carbocycles. The fourth-order valence-electron chi connectivity index (χ4n) is 7.81. The first kappa shape index (κ1) is 13.6. The van der Waals surface area contributed by atoms with Crippen LogP contribution in [0.1, 0.15) is 46.0 Å². The van der Waals surface area contributed by atoms with Crippen LogP contribution in [0.5, 0.6) is 0 Å². The van der Waals surface area contributed by atoms with Crippen molar-refractivity contribution < 1.29 is 4.79 Å². The van der Waals surface area contributed by atoms with E-state index in [1.165, 1.54) is 44.3 Å². The van der Waals surface area contributed by atoms with E-state index in [1.54, 1.807) is 6.92 Å². The molecule has 5 aliphatic rings. The van der Waals surface area contributed by atoms with E-state index in [1.807, 2.05) is 0 Å². The minimum Gasteiger partial charge on any atom is -0.316 e. The molecular formula is C19H28N2O. The highest BCUT2D eigenvalue weighted by Gasteiger charge is 2.76. The van der Waals surface area contributed by atoms with Crippen molar-refractivity contribution >= 4 is 5.91 Å². The second kappa shape index (κ2) is 3.98. The summed E-state index contributed by atoms with van der Waals surface area (Å²) in [4.78, 5) is 17.2. The molecule has 3 aliphatic carbocycles. The molecule has 4 fully saturated rings. The highest BCUT2D eigenvalue weighted by molar-refractivity contribution is 5.76. The van der Waals surface area contributed by atoms with E-state index in [0.717, 1.165) is 24.3 Å². The maximum Gasteiger partial charge on any atom is 0.223 e. The average Bonchev–Trinajstić information content (AvgIpc) is 2.77. The van der Waals surface area contributed by atoms with Gasteiger partial charge in [-0.15, -0.1) is 0 Å². The summed E-state index contributed by atoms with van der Waals surface area (Å²) in [7, 11) is 2.37. The van der Waals surface area contributed by atoms with Gasteiger partial charge in [-0.25, -0.2) is 0 Å². The van der Waals surface area contributed by atoms with Crippen molar-refractivity contribution in [2.45, 2.75) is 51.5 Å². The van der Waals surface area contributed by atoms with Gasteiger partial charge >= 0.3 is 0 Å². The first-order valence-corrected chi connectivity index (χ1v) is 9.22. The van der Waals surface area contributed by atoms with Gasteiger partial charge in [-0.3, -0.25) is 9.69 Å². The number of carbonyl (C=O) groups excluding carboxylic acids is 1. The van der Waals surface area contributed by atoms with Gasteiger partial charge in [0.1, 0.15) is 0 Å². The van der Waals surface area contributed by atoms with Crippen molar-refractivity contribution in [1.82, 2.24) is 9.80 Å². The van der Waals surface area contributed by atoms with Crippen molar-refractivity contribution in [2.24, 2.45) is 29.1 Å². The van der Waals surface area contributed by atoms with Gasteiger partial charge in [-0.2, -0.15) is 0 Å². The lowest BCUT2D eigenvalue weighted by Gasteiger charge is -2.62. The maximum absolute atomic E-state index is 12.3. The first-order chi connectivity index (χ1) is 10.5. The van der Waals surface area contributed by atoms with Crippen molar-refractivity contribution in [3.63, 3.8) is 0 Å². The maximum atomic E-state index is 12.3. The second-order valence-electron chi connectivity index (χ2n) is 8.85. The van der Waals surface area contributed by atoms with E-state index >= 15 is 0 Å². The highest BCUT2D eigenvalue weighted by Crippen LogP contribution is 2.75. The third-order valence-corrected chi connectivity index (χ3v) is 8.10. The van der Waals surface area contributed by atoms with E-state index in [4.69, 9.17) is 0 Å². The third-order valence-electron chi connectivity index (χ3n) is 8.10. The summed E-state index contributed by atoms with van der Waals surface area (Å²) in [5.41, 5.74) is 2.10. The van der Waals surface area contributed by atoms with Gasteiger partial charge in [-0.1, -0.05) is 13.0 Å². The van der Waals surface area contributed by atoms with Crippen LogP contribution in [0.4, 0.5) is 0 Å². The fraction of sp³-hybridized carbons (Fsp3) is 0.842. The predicted molar refractivity (Wildman–Crippen MR) is 86.0 cm³/mol. The van der Waals surface area contributed by atoms with E-state index in [-0.39, 0.29) is 5.91 Å². The zero-order valence-corrected chi connectivity index (χ0v) is 14.1. The standard InChI is InChI=1S/C19H28N2O/c1-12-7-14-8-17-18(5-4-6-21(17)13(2)22)15-9-16(14)19(18,10-12)20(3)11-15/h8,12,14-16H,4-7,9-11H2,1-3H3/t12-,14+,15?,16-,18?,19-/m1/s1. The lowest BCUT2D eigenvalue weighted by Crippen LogP contribution is -2.65.